The minimum atomic E-state index is -0.727. The molecule has 0 atom stereocenters. The lowest BCUT2D eigenvalue weighted by Gasteiger charge is -2.14. The molecule has 1 aromatic heterocycles. The molecule has 0 amide bonds. The van der Waals surface area contributed by atoms with Crippen molar-refractivity contribution in [3.8, 4) is 11.4 Å². The number of nitrogens with zero attached hydrogens (tertiary/aromatic N) is 2. The lowest BCUT2D eigenvalue weighted by atomic mass is 10.1. The van der Waals surface area contributed by atoms with Gasteiger partial charge in [0.25, 0.3) is 5.56 Å². The Kier molecular flexibility index (Phi) is 4.45. The van der Waals surface area contributed by atoms with Crippen molar-refractivity contribution < 1.29 is 14.0 Å². The summed E-state index contributed by atoms with van der Waals surface area (Å²) in [5.41, 5.74) is 0.853. The molecule has 0 spiro atoms. The molecule has 0 saturated heterocycles. The van der Waals surface area contributed by atoms with Crippen molar-refractivity contribution >= 4 is 16.9 Å². The maximum absolute atomic E-state index is 14.4. The van der Waals surface area contributed by atoms with Gasteiger partial charge in [-0.05, 0) is 42.8 Å². The Morgan fingerprint density at radius 3 is 2.43 bits per heavy atom. The fourth-order valence-electron chi connectivity index (χ4n) is 2.95. The standard InChI is InChI=1S/C22H15FN2O3/c1-14-8-2-3-9-15(14)22(27)28-25-20(16-10-4-6-12-18(16)23)24-19-13-7-5-11-17(19)21(25)26/h2-13H,1H3. The summed E-state index contributed by atoms with van der Waals surface area (Å²) in [5, 5.41) is 0.264. The first-order valence-corrected chi connectivity index (χ1v) is 8.61. The van der Waals surface area contributed by atoms with Crippen LogP contribution in [0.2, 0.25) is 0 Å². The first-order valence-electron chi connectivity index (χ1n) is 8.61. The molecule has 5 nitrogen and oxygen atoms in total. The van der Waals surface area contributed by atoms with E-state index in [2.05, 4.69) is 4.98 Å². The summed E-state index contributed by atoms with van der Waals surface area (Å²) in [6, 6.07) is 19.4. The zero-order valence-corrected chi connectivity index (χ0v) is 14.9. The molecule has 1 heterocycles. The first kappa shape index (κ1) is 17.6. The summed E-state index contributed by atoms with van der Waals surface area (Å²) < 4.78 is 15.2. The average molecular weight is 374 g/mol. The number of para-hydroxylation sites is 1. The van der Waals surface area contributed by atoms with Gasteiger partial charge in [-0.3, -0.25) is 4.79 Å². The Hall–Kier alpha value is -3.80. The van der Waals surface area contributed by atoms with Gasteiger partial charge < -0.3 is 4.84 Å². The molecule has 0 radical (unpaired) electrons. The molecule has 0 fully saturated rings. The van der Waals surface area contributed by atoms with Crippen molar-refractivity contribution in [2.24, 2.45) is 0 Å². The van der Waals surface area contributed by atoms with Gasteiger partial charge in [-0.25, -0.2) is 14.2 Å². The highest BCUT2D eigenvalue weighted by atomic mass is 19.1. The normalized spacial score (nSPS) is 10.8. The molecule has 6 heteroatoms. The molecule has 0 aliphatic rings. The molecule has 0 N–H and O–H groups in total. The number of hydrogen-bond donors (Lipinski definition) is 0. The maximum Gasteiger partial charge on any atom is 0.364 e. The van der Waals surface area contributed by atoms with Crippen molar-refractivity contribution in [1.29, 1.82) is 0 Å². The van der Waals surface area contributed by atoms with Crippen LogP contribution in [0.1, 0.15) is 15.9 Å². The number of carbonyl (C=O) groups is 1. The molecule has 3 aromatic carbocycles. The van der Waals surface area contributed by atoms with Crippen LogP contribution in [0.4, 0.5) is 4.39 Å². The van der Waals surface area contributed by atoms with E-state index in [1.54, 1.807) is 61.5 Å². The number of aromatic nitrogens is 2. The van der Waals surface area contributed by atoms with E-state index in [-0.39, 0.29) is 16.8 Å². The van der Waals surface area contributed by atoms with Crippen molar-refractivity contribution in [3.05, 3.63) is 100 Å². The fourth-order valence-corrected chi connectivity index (χ4v) is 2.95. The van der Waals surface area contributed by atoms with Gasteiger partial charge in [-0.15, -0.1) is 4.73 Å². The number of hydrogen-bond acceptors (Lipinski definition) is 4. The highest BCUT2D eigenvalue weighted by Crippen LogP contribution is 2.21. The van der Waals surface area contributed by atoms with Crippen LogP contribution in [0.3, 0.4) is 0 Å². The smallest absolute Gasteiger partial charge is 0.326 e. The largest absolute Gasteiger partial charge is 0.364 e. The van der Waals surface area contributed by atoms with Gasteiger partial charge in [0.15, 0.2) is 5.82 Å². The summed E-state index contributed by atoms with van der Waals surface area (Å²) in [7, 11) is 0. The van der Waals surface area contributed by atoms with E-state index in [9.17, 15) is 14.0 Å². The molecule has 138 valence electrons. The molecule has 4 aromatic rings. The Morgan fingerprint density at radius 1 is 0.964 bits per heavy atom. The zero-order valence-electron chi connectivity index (χ0n) is 14.9. The van der Waals surface area contributed by atoms with E-state index >= 15 is 0 Å². The molecule has 4 rings (SSSR count). The third kappa shape index (κ3) is 3.05. The van der Waals surface area contributed by atoms with Crippen molar-refractivity contribution in [3.63, 3.8) is 0 Å². The van der Waals surface area contributed by atoms with Crippen LogP contribution in [0.15, 0.2) is 77.6 Å². The van der Waals surface area contributed by atoms with Crippen LogP contribution < -0.4 is 10.4 Å². The van der Waals surface area contributed by atoms with Gasteiger partial charge >= 0.3 is 5.97 Å². The summed E-state index contributed by atoms with van der Waals surface area (Å²) in [5.74, 6) is -1.39. The predicted molar refractivity (Wildman–Crippen MR) is 103 cm³/mol. The topological polar surface area (TPSA) is 61.2 Å². The van der Waals surface area contributed by atoms with Crippen LogP contribution in [-0.4, -0.2) is 15.7 Å². The van der Waals surface area contributed by atoms with Crippen molar-refractivity contribution in [1.82, 2.24) is 9.71 Å². The Labute approximate surface area is 159 Å². The van der Waals surface area contributed by atoms with Gasteiger partial charge in [0.1, 0.15) is 5.82 Å². The van der Waals surface area contributed by atoms with Crippen LogP contribution in [0, 0.1) is 12.7 Å². The van der Waals surface area contributed by atoms with Gasteiger partial charge in [0.2, 0.25) is 0 Å². The second-order valence-electron chi connectivity index (χ2n) is 6.23. The van der Waals surface area contributed by atoms with Crippen LogP contribution in [-0.2, 0) is 0 Å². The molecule has 0 saturated carbocycles. The summed E-state index contributed by atoms with van der Waals surface area (Å²) in [6.45, 7) is 1.76. The number of carbonyl (C=O) groups excluding carboxylic acids is 1. The van der Waals surface area contributed by atoms with Gasteiger partial charge in [0.05, 0.1) is 22.0 Å². The minimum Gasteiger partial charge on any atom is -0.326 e. The van der Waals surface area contributed by atoms with E-state index in [0.29, 0.717) is 16.6 Å². The molecule has 0 unspecified atom stereocenters. The average Bonchev–Trinajstić information content (AvgIpc) is 2.71. The monoisotopic (exact) mass is 374 g/mol. The molecule has 28 heavy (non-hydrogen) atoms. The Balaban J connectivity index is 1.94. The molecule has 0 aliphatic heterocycles. The van der Waals surface area contributed by atoms with Crippen molar-refractivity contribution in [2.75, 3.05) is 0 Å². The number of benzene rings is 3. The fraction of sp³-hybridized carbons (Fsp3) is 0.0455. The molecule has 0 aliphatic carbocycles. The summed E-state index contributed by atoms with van der Waals surface area (Å²) in [4.78, 5) is 35.5. The SMILES string of the molecule is Cc1ccccc1C(=O)On1c(-c2ccccc2F)nc2ccccc2c1=O. The zero-order chi connectivity index (χ0) is 19.7. The minimum absolute atomic E-state index is 0.0583. The second-order valence-corrected chi connectivity index (χ2v) is 6.23. The number of rotatable bonds is 3. The van der Waals surface area contributed by atoms with E-state index in [4.69, 9.17) is 4.84 Å². The molecular formula is C22H15FN2O3. The second kappa shape index (κ2) is 7.08. The third-order valence-corrected chi connectivity index (χ3v) is 4.39. The molecule has 0 bridgehead atoms. The number of fused-ring (bicyclic) bond motifs is 1. The highest BCUT2D eigenvalue weighted by molar-refractivity contribution is 5.91. The summed E-state index contributed by atoms with van der Waals surface area (Å²) >= 11 is 0. The highest BCUT2D eigenvalue weighted by Gasteiger charge is 2.20. The quantitative estimate of drug-likeness (QED) is 0.548. The van der Waals surface area contributed by atoms with E-state index in [1.807, 2.05) is 0 Å². The maximum atomic E-state index is 14.4. The first-order chi connectivity index (χ1) is 13.6. The van der Waals surface area contributed by atoms with Crippen LogP contribution >= 0.6 is 0 Å². The third-order valence-electron chi connectivity index (χ3n) is 4.39. The number of halogens is 1. The predicted octanol–water partition coefficient (Wildman–Crippen LogP) is 3.78. The van der Waals surface area contributed by atoms with E-state index in [1.165, 1.54) is 18.2 Å². The van der Waals surface area contributed by atoms with E-state index in [0.717, 1.165) is 4.73 Å². The Morgan fingerprint density at radius 2 is 1.64 bits per heavy atom. The summed E-state index contributed by atoms with van der Waals surface area (Å²) in [6.07, 6.45) is 0. The van der Waals surface area contributed by atoms with Gasteiger partial charge in [0, 0.05) is 0 Å². The molecular weight excluding hydrogens is 359 g/mol. The van der Waals surface area contributed by atoms with Crippen LogP contribution in [0.25, 0.3) is 22.3 Å². The van der Waals surface area contributed by atoms with Crippen LogP contribution in [0.5, 0.6) is 0 Å². The number of aryl methyl sites for hydroxylation is 1. The van der Waals surface area contributed by atoms with Crippen molar-refractivity contribution in [2.45, 2.75) is 6.92 Å². The lowest BCUT2D eigenvalue weighted by Crippen LogP contribution is -2.33. The lowest BCUT2D eigenvalue weighted by molar-refractivity contribution is 0.0448. The Bertz CT molecular complexity index is 1260. The van der Waals surface area contributed by atoms with E-state index < -0.39 is 17.3 Å². The van der Waals surface area contributed by atoms with Gasteiger partial charge in [-0.1, -0.05) is 42.5 Å². The van der Waals surface area contributed by atoms with Gasteiger partial charge in [-0.2, -0.15) is 0 Å².